The van der Waals surface area contributed by atoms with Crippen LogP contribution in [-0.2, 0) is 14.6 Å². The normalized spacial score (nSPS) is 12.8. The largest absolute Gasteiger partial charge is 0.361 e. The van der Waals surface area contributed by atoms with E-state index in [0.29, 0.717) is 6.54 Å². The van der Waals surface area contributed by atoms with Gasteiger partial charge in [0.1, 0.15) is 9.84 Å². The van der Waals surface area contributed by atoms with Gasteiger partial charge in [-0.1, -0.05) is 48.0 Å². The van der Waals surface area contributed by atoms with Crippen LogP contribution in [0.1, 0.15) is 29.0 Å². The Hall–Kier alpha value is -2.60. The Kier molecular flexibility index (Phi) is 5.65. The summed E-state index contributed by atoms with van der Waals surface area (Å²) in [5, 5.41) is 4.03. The lowest BCUT2D eigenvalue weighted by atomic mass is 9.90. The number of sulfone groups is 1. The van der Waals surface area contributed by atoms with E-state index in [1.807, 2.05) is 43.5 Å². The number of nitrogens with one attached hydrogen (secondary N) is 2. The summed E-state index contributed by atoms with van der Waals surface area (Å²) >= 11 is 0. The summed E-state index contributed by atoms with van der Waals surface area (Å²) in [4.78, 5) is 15.4. The molecule has 27 heavy (non-hydrogen) atoms. The van der Waals surface area contributed by atoms with Crippen molar-refractivity contribution >= 4 is 26.6 Å². The molecule has 0 radical (unpaired) electrons. The molecule has 0 aliphatic carbocycles. The van der Waals surface area contributed by atoms with Crippen LogP contribution in [0.25, 0.3) is 10.9 Å². The Bertz CT molecular complexity index is 1050. The van der Waals surface area contributed by atoms with Crippen molar-refractivity contribution in [2.75, 3.05) is 18.6 Å². The zero-order chi connectivity index (χ0) is 19.4. The van der Waals surface area contributed by atoms with Crippen LogP contribution in [0.4, 0.5) is 0 Å². The Balaban J connectivity index is 1.86. The predicted octanol–water partition coefficient (Wildman–Crippen LogP) is 3.16. The van der Waals surface area contributed by atoms with Gasteiger partial charge in [0.15, 0.2) is 0 Å². The van der Waals surface area contributed by atoms with Gasteiger partial charge in [-0.3, -0.25) is 4.79 Å². The number of fused-ring (bicyclic) bond motifs is 1. The Morgan fingerprint density at radius 2 is 1.93 bits per heavy atom. The standard InChI is InChI=1S/C21H24N2O3S/c1-15-6-5-7-16(12-15)18(13-23-21(24)10-11-27(2,25)26)19-14-22-20-9-4-3-8-17(19)20/h3-9,12,14,18,22H,10-11,13H2,1-2H3,(H,23,24). The highest BCUT2D eigenvalue weighted by molar-refractivity contribution is 7.90. The minimum atomic E-state index is -3.15. The van der Waals surface area contributed by atoms with Gasteiger partial charge in [0, 0.05) is 42.2 Å². The lowest BCUT2D eigenvalue weighted by Gasteiger charge is -2.19. The molecule has 0 bridgehead atoms. The van der Waals surface area contributed by atoms with Crippen molar-refractivity contribution in [3.05, 3.63) is 71.4 Å². The van der Waals surface area contributed by atoms with Crippen LogP contribution in [0.2, 0.25) is 0 Å². The Labute approximate surface area is 159 Å². The molecule has 3 aromatic rings. The molecule has 1 unspecified atom stereocenters. The molecule has 1 amide bonds. The highest BCUT2D eigenvalue weighted by atomic mass is 32.2. The lowest BCUT2D eigenvalue weighted by molar-refractivity contribution is -0.120. The first-order chi connectivity index (χ1) is 12.8. The number of benzene rings is 2. The molecule has 2 N–H and O–H groups in total. The van der Waals surface area contributed by atoms with E-state index in [-0.39, 0.29) is 24.0 Å². The van der Waals surface area contributed by atoms with Crippen LogP contribution in [0.15, 0.2) is 54.7 Å². The summed E-state index contributed by atoms with van der Waals surface area (Å²) in [5.41, 5.74) is 4.43. The molecule has 1 heterocycles. The van der Waals surface area contributed by atoms with Gasteiger partial charge >= 0.3 is 0 Å². The maximum Gasteiger partial charge on any atom is 0.221 e. The maximum atomic E-state index is 12.1. The average Bonchev–Trinajstić information content (AvgIpc) is 3.04. The number of aromatic amines is 1. The zero-order valence-electron chi connectivity index (χ0n) is 15.5. The molecule has 2 aromatic carbocycles. The second-order valence-corrected chi connectivity index (χ2v) is 9.20. The molecule has 0 spiro atoms. The third-order valence-electron chi connectivity index (χ3n) is 4.64. The zero-order valence-corrected chi connectivity index (χ0v) is 16.3. The van der Waals surface area contributed by atoms with Crippen LogP contribution in [-0.4, -0.2) is 37.9 Å². The van der Waals surface area contributed by atoms with Gasteiger partial charge in [-0.15, -0.1) is 0 Å². The molecule has 6 heteroatoms. The van der Waals surface area contributed by atoms with E-state index < -0.39 is 9.84 Å². The lowest BCUT2D eigenvalue weighted by Crippen LogP contribution is -2.30. The first-order valence-corrected chi connectivity index (χ1v) is 11.0. The number of carbonyl (C=O) groups is 1. The minimum Gasteiger partial charge on any atom is -0.361 e. The Morgan fingerprint density at radius 1 is 1.15 bits per heavy atom. The highest BCUT2D eigenvalue weighted by Crippen LogP contribution is 2.30. The molecular formula is C21H24N2O3S. The van der Waals surface area contributed by atoms with E-state index in [9.17, 15) is 13.2 Å². The van der Waals surface area contributed by atoms with Crippen molar-refractivity contribution in [3.8, 4) is 0 Å². The fraction of sp³-hybridized carbons (Fsp3) is 0.286. The van der Waals surface area contributed by atoms with E-state index in [1.54, 1.807) is 0 Å². The topological polar surface area (TPSA) is 79.0 Å². The van der Waals surface area contributed by atoms with Crippen molar-refractivity contribution in [1.29, 1.82) is 0 Å². The number of aromatic nitrogens is 1. The molecule has 0 aliphatic rings. The number of amides is 1. The van der Waals surface area contributed by atoms with Crippen molar-refractivity contribution < 1.29 is 13.2 Å². The fourth-order valence-electron chi connectivity index (χ4n) is 3.26. The summed E-state index contributed by atoms with van der Waals surface area (Å²) in [6.45, 7) is 2.45. The highest BCUT2D eigenvalue weighted by Gasteiger charge is 2.19. The summed E-state index contributed by atoms with van der Waals surface area (Å²) < 4.78 is 22.6. The van der Waals surface area contributed by atoms with E-state index in [4.69, 9.17) is 0 Å². The van der Waals surface area contributed by atoms with E-state index in [0.717, 1.165) is 33.8 Å². The number of rotatable bonds is 7. The van der Waals surface area contributed by atoms with Crippen molar-refractivity contribution in [2.24, 2.45) is 0 Å². The Morgan fingerprint density at radius 3 is 2.67 bits per heavy atom. The monoisotopic (exact) mass is 384 g/mol. The number of H-pyrrole nitrogens is 1. The summed E-state index contributed by atoms with van der Waals surface area (Å²) in [6, 6.07) is 16.3. The molecule has 3 rings (SSSR count). The van der Waals surface area contributed by atoms with Crippen LogP contribution in [0, 0.1) is 6.92 Å². The third-order valence-corrected chi connectivity index (χ3v) is 5.59. The molecular weight excluding hydrogens is 360 g/mol. The van der Waals surface area contributed by atoms with Crippen molar-refractivity contribution in [1.82, 2.24) is 10.3 Å². The SMILES string of the molecule is Cc1cccc(C(CNC(=O)CCS(C)(=O)=O)c2c[nH]c3ccccc23)c1. The number of hydrogen-bond donors (Lipinski definition) is 2. The van der Waals surface area contributed by atoms with Gasteiger partial charge in [0.2, 0.25) is 5.91 Å². The second-order valence-electron chi connectivity index (χ2n) is 6.94. The molecule has 0 fully saturated rings. The van der Waals surface area contributed by atoms with Crippen molar-refractivity contribution in [3.63, 3.8) is 0 Å². The van der Waals surface area contributed by atoms with E-state index in [2.05, 4.69) is 28.5 Å². The van der Waals surface area contributed by atoms with Gasteiger partial charge < -0.3 is 10.3 Å². The van der Waals surface area contributed by atoms with Crippen LogP contribution >= 0.6 is 0 Å². The first-order valence-electron chi connectivity index (χ1n) is 8.90. The molecule has 0 aliphatic heterocycles. The van der Waals surface area contributed by atoms with Crippen LogP contribution < -0.4 is 5.32 Å². The predicted molar refractivity (Wildman–Crippen MR) is 109 cm³/mol. The number of para-hydroxylation sites is 1. The van der Waals surface area contributed by atoms with Gasteiger partial charge in [0.05, 0.1) is 5.75 Å². The van der Waals surface area contributed by atoms with Crippen LogP contribution in [0.3, 0.4) is 0 Å². The minimum absolute atomic E-state index is 0.0206. The van der Waals surface area contributed by atoms with Gasteiger partial charge in [-0.2, -0.15) is 0 Å². The number of aryl methyl sites for hydroxylation is 1. The third kappa shape index (κ3) is 4.98. The second kappa shape index (κ2) is 7.96. The molecule has 1 aromatic heterocycles. The molecule has 0 saturated carbocycles. The van der Waals surface area contributed by atoms with E-state index >= 15 is 0 Å². The fourth-order valence-corrected chi connectivity index (χ4v) is 3.82. The summed E-state index contributed by atoms with van der Waals surface area (Å²) in [7, 11) is -3.15. The average molecular weight is 385 g/mol. The van der Waals surface area contributed by atoms with E-state index in [1.165, 1.54) is 0 Å². The molecule has 5 nitrogen and oxygen atoms in total. The summed E-state index contributed by atoms with van der Waals surface area (Å²) in [5.74, 6) is -0.415. The number of carbonyl (C=O) groups excluding carboxylic acids is 1. The van der Waals surface area contributed by atoms with Crippen molar-refractivity contribution in [2.45, 2.75) is 19.3 Å². The maximum absolute atomic E-state index is 12.1. The molecule has 1 atom stereocenters. The van der Waals surface area contributed by atoms with Gasteiger partial charge in [0.25, 0.3) is 0 Å². The van der Waals surface area contributed by atoms with Crippen LogP contribution in [0.5, 0.6) is 0 Å². The summed E-state index contributed by atoms with van der Waals surface area (Å²) in [6.07, 6.45) is 3.11. The first kappa shape index (κ1) is 19.2. The van der Waals surface area contributed by atoms with Gasteiger partial charge in [-0.05, 0) is 24.1 Å². The number of hydrogen-bond acceptors (Lipinski definition) is 3. The smallest absolute Gasteiger partial charge is 0.221 e. The quantitative estimate of drug-likeness (QED) is 0.657. The molecule has 142 valence electrons. The molecule has 0 saturated heterocycles. The van der Waals surface area contributed by atoms with Gasteiger partial charge in [-0.25, -0.2) is 8.42 Å².